The van der Waals surface area contributed by atoms with Gasteiger partial charge in [0.2, 0.25) is 0 Å². The van der Waals surface area contributed by atoms with Crippen LogP contribution in [0.15, 0.2) is 30.3 Å². The van der Waals surface area contributed by atoms with Crippen molar-refractivity contribution in [2.24, 2.45) is 11.8 Å². The molecule has 1 aliphatic rings. The number of carbonyl (C=O) groups excluding carboxylic acids is 1. The lowest BCUT2D eigenvalue weighted by Gasteiger charge is -2.32. The Morgan fingerprint density at radius 1 is 1.12 bits per heavy atom. The number of ketones is 1. The van der Waals surface area contributed by atoms with Gasteiger partial charge in [-0.25, -0.2) is 0 Å². The van der Waals surface area contributed by atoms with Crippen molar-refractivity contribution in [1.29, 1.82) is 0 Å². The monoisotopic (exact) mass is 230 g/mol. The second-order valence-electron chi connectivity index (χ2n) is 5.47. The molecule has 1 saturated carbocycles. The summed E-state index contributed by atoms with van der Waals surface area (Å²) in [7, 11) is 0. The zero-order valence-electron chi connectivity index (χ0n) is 10.9. The van der Waals surface area contributed by atoms with Crippen LogP contribution in [0.4, 0.5) is 0 Å². The average Bonchev–Trinajstić information content (AvgIpc) is 2.39. The maximum Gasteiger partial charge on any atom is 0.139 e. The second-order valence-corrected chi connectivity index (χ2v) is 5.47. The Bertz CT molecular complexity index is 366. The van der Waals surface area contributed by atoms with E-state index in [0.29, 0.717) is 11.7 Å². The molecule has 0 amide bonds. The van der Waals surface area contributed by atoms with E-state index in [2.05, 4.69) is 24.3 Å². The molecule has 1 aromatic carbocycles. The van der Waals surface area contributed by atoms with Gasteiger partial charge >= 0.3 is 0 Å². The molecule has 1 aliphatic carbocycles. The highest BCUT2D eigenvalue weighted by Crippen LogP contribution is 2.39. The van der Waals surface area contributed by atoms with Gasteiger partial charge < -0.3 is 0 Å². The zero-order valence-corrected chi connectivity index (χ0v) is 10.9. The summed E-state index contributed by atoms with van der Waals surface area (Å²) in [5.74, 6) is 1.34. The van der Waals surface area contributed by atoms with E-state index >= 15 is 0 Å². The molecule has 17 heavy (non-hydrogen) atoms. The van der Waals surface area contributed by atoms with Crippen molar-refractivity contribution in [1.82, 2.24) is 0 Å². The lowest BCUT2D eigenvalue weighted by atomic mass is 9.71. The molecule has 1 heteroatoms. The standard InChI is InChI=1S/C16H22O/c1-12(2)16(17)15-11-7-6-10-14(15)13-8-4-3-5-9-13/h3-5,8-9,12,14-15H,6-7,10-11H2,1-2H3. The summed E-state index contributed by atoms with van der Waals surface area (Å²) in [5, 5.41) is 0. The van der Waals surface area contributed by atoms with Crippen LogP contribution >= 0.6 is 0 Å². The average molecular weight is 230 g/mol. The van der Waals surface area contributed by atoms with E-state index in [1.54, 1.807) is 0 Å². The van der Waals surface area contributed by atoms with Crippen LogP contribution in [0.3, 0.4) is 0 Å². The van der Waals surface area contributed by atoms with Gasteiger partial charge in [-0.15, -0.1) is 0 Å². The molecule has 0 spiro atoms. The van der Waals surface area contributed by atoms with Gasteiger partial charge in [-0.3, -0.25) is 4.79 Å². The molecule has 0 aromatic heterocycles. The van der Waals surface area contributed by atoms with Crippen molar-refractivity contribution >= 4 is 5.78 Å². The van der Waals surface area contributed by atoms with Crippen LogP contribution in [0, 0.1) is 11.8 Å². The van der Waals surface area contributed by atoms with Crippen molar-refractivity contribution < 1.29 is 4.79 Å². The molecule has 1 nitrogen and oxygen atoms in total. The van der Waals surface area contributed by atoms with Crippen LogP contribution in [0.2, 0.25) is 0 Å². The highest BCUT2D eigenvalue weighted by atomic mass is 16.1. The summed E-state index contributed by atoms with van der Waals surface area (Å²) in [4.78, 5) is 12.3. The van der Waals surface area contributed by atoms with Crippen molar-refractivity contribution in [3.63, 3.8) is 0 Å². The first-order chi connectivity index (χ1) is 8.20. The molecular weight excluding hydrogens is 208 g/mol. The van der Waals surface area contributed by atoms with Crippen LogP contribution < -0.4 is 0 Å². The lowest BCUT2D eigenvalue weighted by Crippen LogP contribution is -2.28. The molecule has 92 valence electrons. The maximum atomic E-state index is 12.3. The minimum Gasteiger partial charge on any atom is -0.299 e. The molecule has 2 atom stereocenters. The first-order valence-corrected chi connectivity index (χ1v) is 6.79. The van der Waals surface area contributed by atoms with Crippen LogP contribution in [0.5, 0.6) is 0 Å². The molecule has 0 bridgehead atoms. The van der Waals surface area contributed by atoms with Crippen molar-refractivity contribution in [2.75, 3.05) is 0 Å². The van der Waals surface area contributed by atoms with E-state index < -0.39 is 0 Å². The number of carbonyl (C=O) groups is 1. The summed E-state index contributed by atoms with van der Waals surface area (Å²) < 4.78 is 0. The van der Waals surface area contributed by atoms with Gasteiger partial charge in [-0.2, -0.15) is 0 Å². The van der Waals surface area contributed by atoms with E-state index in [1.165, 1.54) is 24.8 Å². The first kappa shape index (κ1) is 12.3. The first-order valence-electron chi connectivity index (χ1n) is 6.79. The third-order valence-electron chi connectivity index (χ3n) is 3.93. The summed E-state index contributed by atoms with van der Waals surface area (Å²) in [6.45, 7) is 4.05. The van der Waals surface area contributed by atoms with Gasteiger partial charge in [0.25, 0.3) is 0 Å². The quantitative estimate of drug-likeness (QED) is 0.761. The van der Waals surface area contributed by atoms with Gasteiger partial charge in [0.05, 0.1) is 0 Å². The van der Waals surface area contributed by atoms with E-state index in [0.717, 1.165) is 6.42 Å². The fourth-order valence-electron chi connectivity index (χ4n) is 3.00. The Morgan fingerprint density at radius 3 is 2.41 bits per heavy atom. The van der Waals surface area contributed by atoms with Gasteiger partial charge in [-0.05, 0) is 24.3 Å². The minimum absolute atomic E-state index is 0.171. The molecule has 0 aliphatic heterocycles. The summed E-state index contributed by atoms with van der Waals surface area (Å²) in [6.07, 6.45) is 4.73. The molecule has 0 N–H and O–H groups in total. The number of rotatable bonds is 3. The highest BCUT2D eigenvalue weighted by molar-refractivity contribution is 5.83. The molecule has 0 heterocycles. The Hall–Kier alpha value is -1.11. The Balaban J connectivity index is 2.21. The largest absolute Gasteiger partial charge is 0.299 e. The van der Waals surface area contributed by atoms with E-state index in [-0.39, 0.29) is 11.8 Å². The number of hydrogen-bond donors (Lipinski definition) is 0. The molecule has 2 unspecified atom stereocenters. The van der Waals surface area contributed by atoms with Crippen molar-refractivity contribution in [3.8, 4) is 0 Å². The van der Waals surface area contributed by atoms with Gasteiger partial charge in [0.15, 0.2) is 0 Å². The Kier molecular flexibility index (Phi) is 3.98. The zero-order chi connectivity index (χ0) is 12.3. The lowest BCUT2D eigenvalue weighted by molar-refractivity contribution is -0.127. The molecule has 1 aromatic rings. The fourth-order valence-corrected chi connectivity index (χ4v) is 3.00. The van der Waals surface area contributed by atoms with Crippen LogP contribution in [-0.2, 0) is 4.79 Å². The topological polar surface area (TPSA) is 17.1 Å². The van der Waals surface area contributed by atoms with Gasteiger partial charge in [0, 0.05) is 11.8 Å². The van der Waals surface area contributed by atoms with E-state index in [4.69, 9.17) is 0 Å². The van der Waals surface area contributed by atoms with Crippen LogP contribution in [0.1, 0.15) is 51.0 Å². The molecule has 1 fully saturated rings. The highest BCUT2D eigenvalue weighted by Gasteiger charge is 2.32. The minimum atomic E-state index is 0.171. The predicted molar refractivity (Wildman–Crippen MR) is 71.0 cm³/mol. The van der Waals surface area contributed by atoms with Crippen LogP contribution in [0.25, 0.3) is 0 Å². The number of benzene rings is 1. The normalized spacial score (nSPS) is 24.9. The Labute approximate surface area is 104 Å². The van der Waals surface area contributed by atoms with Gasteiger partial charge in [-0.1, -0.05) is 57.0 Å². The molecule has 0 saturated heterocycles. The fraction of sp³-hybridized carbons (Fsp3) is 0.562. The second kappa shape index (κ2) is 5.48. The number of Topliss-reactive ketones (excluding diaryl/α,β-unsaturated/α-hetero) is 1. The maximum absolute atomic E-state index is 12.3. The van der Waals surface area contributed by atoms with E-state index in [9.17, 15) is 4.79 Å². The summed E-state index contributed by atoms with van der Waals surface area (Å²) >= 11 is 0. The van der Waals surface area contributed by atoms with Crippen molar-refractivity contribution in [2.45, 2.75) is 45.4 Å². The molecule has 0 radical (unpaired) electrons. The smallest absolute Gasteiger partial charge is 0.139 e. The SMILES string of the molecule is CC(C)C(=O)C1CCCCC1c1ccccc1. The van der Waals surface area contributed by atoms with Gasteiger partial charge in [0.1, 0.15) is 5.78 Å². The van der Waals surface area contributed by atoms with Crippen LogP contribution in [-0.4, -0.2) is 5.78 Å². The van der Waals surface area contributed by atoms with Crippen molar-refractivity contribution in [3.05, 3.63) is 35.9 Å². The molecular formula is C16H22O. The third kappa shape index (κ3) is 2.77. The predicted octanol–water partition coefficient (Wildman–Crippen LogP) is 4.19. The van der Waals surface area contributed by atoms with E-state index in [1.807, 2.05) is 19.9 Å². The molecule has 2 rings (SSSR count). The number of hydrogen-bond acceptors (Lipinski definition) is 1. The Morgan fingerprint density at radius 2 is 1.76 bits per heavy atom. The summed E-state index contributed by atoms with van der Waals surface area (Å²) in [5.41, 5.74) is 1.35. The third-order valence-corrected chi connectivity index (χ3v) is 3.93. The summed E-state index contributed by atoms with van der Waals surface area (Å²) in [6, 6.07) is 10.6.